The first-order valence-electron chi connectivity index (χ1n) is 7.09. The van der Waals surface area contributed by atoms with Gasteiger partial charge in [0.1, 0.15) is 5.75 Å². The van der Waals surface area contributed by atoms with Crippen molar-refractivity contribution < 1.29 is 4.74 Å². The minimum Gasteiger partial charge on any atom is -0.494 e. The molecule has 0 saturated heterocycles. The predicted octanol–water partition coefficient (Wildman–Crippen LogP) is 3.78. The van der Waals surface area contributed by atoms with E-state index in [-0.39, 0.29) is 0 Å². The molecule has 4 nitrogen and oxygen atoms in total. The fourth-order valence-electron chi connectivity index (χ4n) is 2.21. The third kappa shape index (κ3) is 3.32. The number of anilines is 1. The van der Waals surface area contributed by atoms with E-state index in [0.29, 0.717) is 12.6 Å². The lowest BCUT2D eigenvalue weighted by Gasteiger charge is -2.14. The summed E-state index contributed by atoms with van der Waals surface area (Å²) in [4.78, 5) is 4.22. The molecule has 1 N–H and O–H groups in total. The Bertz CT molecular complexity index is 561. The predicted molar refractivity (Wildman–Crippen MR) is 82.3 cm³/mol. The summed E-state index contributed by atoms with van der Waals surface area (Å²) >= 11 is 0. The molecular weight excluding hydrogens is 250 g/mol. The first kappa shape index (κ1) is 14.4. The van der Waals surface area contributed by atoms with Gasteiger partial charge >= 0.3 is 0 Å². The molecule has 0 fully saturated rings. The topological polar surface area (TPSA) is 39.1 Å². The van der Waals surface area contributed by atoms with Crippen LogP contribution >= 0.6 is 0 Å². The zero-order chi connectivity index (χ0) is 14.5. The lowest BCUT2D eigenvalue weighted by atomic mass is 10.2. The van der Waals surface area contributed by atoms with E-state index in [4.69, 9.17) is 4.74 Å². The lowest BCUT2D eigenvalue weighted by Crippen LogP contribution is -2.09. The van der Waals surface area contributed by atoms with Gasteiger partial charge in [-0.2, -0.15) is 0 Å². The molecule has 2 aromatic rings. The first-order valence-corrected chi connectivity index (χ1v) is 7.09. The molecule has 2 rings (SSSR count). The summed E-state index contributed by atoms with van der Waals surface area (Å²) in [6.45, 7) is 9.87. The molecule has 0 saturated carbocycles. The Labute approximate surface area is 120 Å². The van der Waals surface area contributed by atoms with Crippen molar-refractivity contribution in [3.05, 3.63) is 42.0 Å². The van der Waals surface area contributed by atoms with Crippen LogP contribution in [-0.2, 0) is 6.54 Å². The number of nitrogens with one attached hydrogen (secondary N) is 1. The number of imidazole rings is 1. The van der Waals surface area contributed by atoms with Crippen LogP contribution in [0.5, 0.6) is 5.75 Å². The zero-order valence-electron chi connectivity index (χ0n) is 12.7. The molecule has 20 heavy (non-hydrogen) atoms. The summed E-state index contributed by atoms with van der Waals surface area (Å²) in [6.07, 6.45) is 3.80. The van der Waals surface area contributed by atoms with Gasteiger partial charge in [-0.05, 0) is 51.5 Å². The number of nitrogens with zero attached hydrogens (tertiary/aromatic N) is 2. The number of rotatable bonds is 6. The minimum absolute atomic E-state index is 0.427. The van der Waals surface area contributed by atoms with Crippen LogP contribution in [0.1, 0.15) is 38.1 Å². The lowest BCUT2D eigenvalue weighted by molar-refractivity contribution is 0.340. The third-order valence-corrected chi connectivity index (χ3v) is 3.27. The molecule has 0 spiro atoms. The number of hydrogen-bond acceptors (Lipinski definition) is 3. The second-order valence-electron chi connectivity index (χ2n) is 5.15. The van der Waals surface area contributed by atoms with E-state index in [1.165, 1.54) is 11.3 Å². The smallest absolute Gasteiger partial charge is 0.119 e. The van der Waals surface area contributed by atoms with Crippen molar-refractivity contribution in [2.45, 2.75) is 40.3 Å². The highest BCUT2D eigenvalue weighted by molar-refractivity contribution is 5.53. The van der Waals surface area contributed by atoms with Crippen LogP contribution in [0.4, 0.5) is 5.69 Å². The van der Waals surface area contributed by atoms with Crippen LogP contribution in [0, 0.1) is 6.92 Å². The highest BCUT2D eigenvalue weighted by atomic mass is 16.5. The first-order chi connectivity index (χ1) is 9.61. The van der Waals surface area contributed by atoms with Crippen LogP contribution < -0.4 is 10.1 Å². The van der Waals surface area contributed by atoms with Crippen molar-refractivity contribution in [1.29, 1.82) is 0 Å². The number of aromatic nitrogens is 2. The van der Waals surface area contributed by atoms with Crippen LogP contribution in [0.25, 0.3) is 0 Å². The van der Waals surface area contributed by atoms with Gasteiger partial charge < -0.3 is 14.6 Å². The van der Waals surface area contributed by atoms with Gasteiger partial charge in [-0.25, -0.2) is 4.98 Å². The van der Waals surface area contributed by atoms with Crippen LogP contribution in [0.3, 0.4) is 0 Å². The maximum absolute atomic E-state index is 5.50. The van der Waals surface area contributed by atoms with Gasteiger partial charge in [-0.1, -0.05) is 0 Å². The van der Waals surface area contributed by atoms with Crippen molar-refractivity contribution in [3.8, 4) is 5.75 Å². The zero-order valence-corrected chi connectivity index (χ0v) is 12.7. The Morgan fingerprint density at radius 2 is 2.15 bits per heavy atom. The summed E-state index contributed by atoms with van der Waals surface area (Å²) in [7, 11) is 0. The molecule has 1 aromatic heterocycles. The molecule has 0 bridgehead atoms. The van der Waals surface area contributed by atoms with Crippen LogP contribution in [-0.4, -0.2) is 16.2 Å². The van der Waals surface area contributed by atoms with Gasteiger partial charge in [-0.3, -0.25) is 0 Å². The SMILES string of the molecule is CCOc1ccc(NCc2cncn2C(C)C)c(C)c1. The van der Waals surface area contributed by atoms with Gasteiger partial charge in [0, 0.05) is 17.9 Å². The number of hydrogen-bond donors (Lipinski definition) is 1. The largest absolute Gasteiger partial charge is 0.494 e. The van der Waals surface area contributed by atoms with E-state index >= 15 is 0 Å². The normalized spacial score (nSPS) is 10.8. The number of benzene rings is 1. The molecule has 0 aliphatic carbocycles. The fourth-order valence-corrected chi connectivity index (χ4v) is 2.21. The highest BCUT2D eigenvalue weighted by Gasteiger charge is 2.06. The molecule has 0 unspecified atom stereocenters. The monoisotopic (exact) mass is 273 g/mol. The number of ether oxygens (including phenoxy) is 1. The van der Waals surface area contributed by atoms with E-state index in [0.717, 1.165) is 18.0 Å². The molecule has 4 heteroatoms. The van der Waals surface area contributed by atoms with Crippen molar-refractivity contribution in [2.24, 2.45) is 0 Å². The summed E-state index contributed by atoms with van der Waals surface area (Å²) in [5.41, 5.74) is 3.50. The number of aryl methyl sites for hydroxylation is 1. The van der Waals surface area contributed by atoms with Crippen molar-refractivity contribution in [2.75, 3.05) is 11.9 Å². The molecule has 0 amide bonds. The standard InChI is InChI=1S/C16H23N3O/c1-5-20-15-6-7-16(13(4)8-15)18-10-14-9-17-11-19(14)12(2)3/h6-9,11-12,18H,5,10H2,1-4H3. The minimum atomic E-state index is 0.427. The van der Waals surface area contributed by atoms with Gasteiger partial charge in [0.2, 0.25) is 0 Å². The maximum atomic E-state index is 5.50. The van der Waals surface area contributed by atoms with E-state index in [9.17, 15) is 0 Å². The van der Waals surface area contributed by atoms with E-state index < -0.39 is 0 Å². The Hall–Kier alpha value is -1.97. The average molecular weight is 273 g/mol. The van der Waals surface area contributed by atoms with E-state index in [1.54, 1.807) is 0 Å². The van der Waals surface area contributed by atoms with E-state index in [1.807, 2.05) is 25.5 Å². The third-order valence-electron chi connectivity index (χ3n) is 3.27. The molecule has 1 aromatic carbocycles. The molecular formula is C16H23N3O. The summed E-state index contributed by atoms with van der Waals surface area (Å²) in [5, 5.41) is 3.46. The summed E-state index contributed by atoms with van der Waals surface area (Å²) < 4.78 is 7.68. The van der Waals surface area contributed by atoms with Gasteiger partial charge in [0.25, 0.3) is 0 Å². The van der Waals surface area contributed by atoms with Crippen LogP contribution in [0.2, 0.25) is 0 Å². The molecule has 1 heterocycles. The highest BCUT2D eigenvalue weighted by Crippen LogP contribution is 2.22. The quantitative estimate of drug-likeness (QED) is 0.870. The Morgan fingerprint density at radius 3 is 2.80 bits per heavy atom. The Kier molecular flexibility index (Phi) is 4.66. The van der Waals surface area contributed by atoms with Crippen molar-refractivity contribution in [1.82, 2.24) is 9.55 Å². The molecule has 108 valence electrons. The second-order valence-corrected chi connectivity index (χ2v) is 5.15. The van der Waals surface area contributed by atoms with Gasteiger partial charge in [0.15, 0.2) is 0 Å². The molecule has 0 aliphatic rings. The molecule has 0 atom stereocenters. The second kappa shape index (κ2) is 6.46. The van der Waals surface area contributed by atoms with Crippen LogP contribution in [0.15, 0.2) is 30.7 Å². The average Bonchev–Trinajstić information content (AvgIpc) is 2.86. The summed E-state index contributed by atoms with van der Waals surface area (Å²) in [6, 6.07) is 6.55. The van der Waals surface area contributed by atoms with Crippen molar-refractivity contribution in [3.63, 3.8) is 0 Å². The van der Waals surface area contributed by atoms with Crippen molar-refractivity contribution >= 4 is 5.69 Å². The fraction of sp³-hybridized carbons (Fsp3) is 0.438. The molecule has 0 aliphatic heterocycles. The van der Waals surface area contributed by atoms with Gasteiger partial charge in [-0.15, -0.1) is 0 Å². The maximum Gasteiger partial charge on any atom is 0.119 e. The Balaban J connectivity index is 2.05. The van der Waals surface area contributed by atoms with Gasteiger partial charge in [0.05, 0.1) is 25.2 Å². The van der Waals surface area contributed by atoms with E-state index in [2.05, 4.69) is 47.8 Å². The summed E-state index contributed by atoms with van der Waals surface area (Å²) in [5.74, 6) is 0.919. The Morgan fingerprint density at radius 1 is 1.35 bits per heavy atom. The molecule has 0 radical (unpaired) electrons.